The molecule has 3 atom stereocenters. The van der Waals surface area contributed by atoms with Gasteiger partial charge < -0.3 is 15.4 Å². The number of likely N-dealkylation sites (tertiary alicyclic amines) is 1. The molecule has 0 spiro atoms. The Morgan fingerprint density at radius 1 is 1.41 bits per heavy atom. The molecule has 4 nitrogen and oxygen atoms in total. The first-order valence-corrected chi connectivity index (χ1v) is 6.64. The van der Waals surface area contributed by atoms with Crippen molar-refractivity contribution in [1.29, 1.82) is 0 Å². The molecular weight excluding hydrogens is 216 g/mol. The van der Waals surface area contributed by atoms with Gasteiger partial charge in [-0.25, -0.2) is 4.79 Å². The van der Waals surface area contributed by atoms with E-state index in [1.807, 2.05) is 25.7 Å². The second-order valence-corrected chi connectivity index (χ2v) is 6.22. The van der Waals surface area contributed by atoms with Crippen molar-refractivity contribution in [3.8, 4) is 0 Å². The van der Waals surface area contributed by atoms with Gasteiger partial charge in [-0.1, -0.05) is 6.42 Å². The van der Waals surface area contributed by atoms with E-state index in [9.17, 15) is 4.79 Å². The largest absolute Gasteiger partial charge is 0.444 e. The lowest BCUT2D eigenvalue weighted by Gasteiger charge is -2.27. The summed E-state index contributed by atoms with van der Waals surface area (Å²) >= 11 is 0. The number of carbonyl (C=O) groups excluding carboxylic acids is 1. The number of carbonyl (C=O) groups is 1. The van der Waals surface area contributed by atoms with Gasteiger partial charge in [-0.05, 0) is 52.0 Å². The van der Waals surface area contributed by atoms with Crippen molar-refractivity contribution in [1.82, 2.24) is 4.90 Å². The maximum Gasteiger partial charge on any atom is 0.410 e. The molecule has 1 heterocycles. The molecule has 1 aliphatic heterocycles. The number of nitrogens with two attached hydrogens (primary N) is 1. The van der Waals surface area contributed by atoms with Crippen LogP contribution in [0.15, 0.2) is 0 Å². The SMILES string of the molecule is CC(C)(C)OC(=O)N1CCCCC2C(CN)C21. The summed E-state index contributed by atoms with van der Waals surface area (Å²) in [6.45, 7) is 7.25. The summed E-state index contributed by atoms with van der Waals surface area (Å²) in [5.74, 6) is 1.12. The Morgan fingerprint density at radius 3 is 2.71 bits per heavy atom. The van der Waals surface area contributed by atoms with Crippen LogP contribution in [-0.4, -0.2) is 35.7 Å². The van der Waals surface area contributed by atoms with Gasteiger partial charge in [0.05, 0.1) is 0 Å². The maximum atomic E-state index is 12.1. The Bertz CT molecular complexity index is 298. The molecule has 4 heteroatoms. The average Bonchev–Trinajstić information content (AvgIpc) is 2.88. The Balaban J connectivity index is 2.01. The molecule has 2 aliphatic rings. The van der Waals surface area contributed by atoms with Gasteiger partial charge in [0, 0.05) is 12.6 Å². The van der Waals surface area contributed by atoms with Crippen molar-refractivity contribution >= 4 is 6.09 Å². The van der Waals surface area contributed by atoms with Crippen LogP contribution in [-0.2, 0) is 4.74 Å². The molecular formula is C13H24N2O2. The first-order chi connectivity index (χ1) is 7.94. The third-order valence-corrected chi connectivity index (χ3v) is 3.73. The van der Waals surface area contributed by atoms with Crippen molar-refractivity contribution in [2.24, 2.45) is 17.6 Å². The van der Waals surface area contributed by atoms with Crippen molar-refractivity contribution in [2.45, 2.75) is 51.7 Å². The van der Waals surface area contributed by atoms with Crippen LogP contribution in [0.2, 0.25) is 0 Å². The Morgan fingerprint density at radius 2 is 2.12 bits per heavy atom. The molecule has 0 aromatic heterocycles. The van der Waals surface area contributed by atoms with E-state index in [0.29, 0.717) is 24.4 Å². The number of nitrogens with zero attached hydrogens (tertiary/aromatic N) is 1. The van der Waals surface area contributed by atoms with Gasteiger partial charge in [-0.2, -0.15) is 0 Å². The first-order valence-electron chi connectivity index (χ1n) is 6.64. The lowest BCUT2D eigenvalue weighted by atomic mass is 10.1. The Kier molecular flexibility index (Phi) is 3.34. The van der Waals surface area contributed by atoms with Gasteiger partial charge >= 0.3 is 6.09 Å². The fraction of sp³-hybridized carbons (Fsp3) is 0.923. The van der Waals surface area contributed by atoms with Crippen molar-refractivity contribution in [3.63, 3.8) is 0 Å². The van der Waals surface area contributed by atoms with E-state index < -0.39 is 5.60 Å². The molecule has 0 bridgehead atoms. The monoisotopic (exact) mass is 240 g/mol. The smallest absolute Gasteiger partial charge is 0.410 e. The Hall–Kier alpha value is -0.770. The quantitative estimate of drug-likeness (QED) is 0.762. The summed E-state index contributed by atoms with van der Waals surface area (Å²) in [7, 11) is 0. The fourth-order valence-corrected chi connectivity index (χ4v) is 2.93. The van der Waals surface area contributed by atoms with Crippen LogP contribution in [0.5, 0.6) is 0 Å². The van der Waals surface area contributed by atoms with Crippen molar-refractivity contribution in [2.75, 3.05) is 13.1 Å². The first kappa shape index (κ1) is 12.7. The highest BCUT2D eigenvalue weighted by atomic mass is 16.6. The van der Waals surface area contributed by atoms with Crippen LogP contribution in [0.4, 0.5) is 4.79 Å². The topological polar surface area (TPSA) is 55.6 Å². The molecule has 2 N–H and O–H groups in total. The van der Waals surface area contributed by atoms with Crippen molar-refractivity contribution < 1.29 is 9.53 Å². The summed E-state index contributed by atoms with van der Waals surface area (Å²) in [6, 6.07) is 0.345. The second kappa shape index (κ2) is 4.48. The minimum atomic E-state index is -0.411. The van der Waals surface area contributed by atoms with E-state index in [2.05, 4.69) is 0 Å². The van der Waals surface area contributed by atoms with Crippen LogP contribution < -0.4 is 5.73 Å². The number of rotatable bonds is 1. The summed E-state index contributed by atoms with van der Waals surface area (Å²) in [6.07, 6.45) is 3.34. The summed E-state index contributed by atoms with van der Waals surface area (Å²) in [5.41, 5.74) is 5.34. The van der Waals surface area contributed by atoms with Gasteiger partial charge in [0.2, 0.25) is 0 Å². The molecule has 1 amide bonds. The minimum absolute atomic E-state index is 0.162. The highest BCUT2D eigenvalue weighted by molar-refractivity contribution is 5.69. The summed E-state index contributed by atoms with van der Waals surface area (Å²) < 4.78 is 5.47. The zero-order valence-corrected chi connectivity index (χ0v) is 11.1. The lowest BCUT2D eigenvalue weighted by molar-refractivity contribution is 0.0223. The highest BCUT2D eigenvalue weighted by Crippen LogP contribution is 2.48. The molecule has 2 fully saturated rings. The van der Waals surface area contributed by atoms with E-state index in [1.54, 1.807) is 0 Å². The standard InChI is InChI=1S/C13H24N2O2/c1-13(2,3)17-12(16)15-7-5-4-6-9-10(8-14)11(9)15/h9-11H,4-8,14H2,1-3H3. The van der Waals surface area contributed by atoms with Gasteiger partial charge in [0.25, 0.3) is 0 Å². The van der Waals surface area contributed by atoms with Gasteiger partial charge in [-0.15, -0.1) is 0 Å². The molecule has 98 valence electrons. The van der Waals surface area contributed by atoms with Crippen LogP contribution >= 0.6 is 0 Å². The molecule has 1 saturated carbocycles. The van der Waals surface area contributed by atoms with Gasteiger partial charge in [-0.3, -0.25) is 0 Å². The minimum Gasteiger partial charge on any atom is -0.444 e. The normalized spacial score (nSPS) is 32.7. The molecule has 17 heavy (non-hydrogen) atoms. The van der Waals surface area contributed by atoms with Crippen LogP contribution in [0.1, 0.15) is 40.0 Å². The van der Waals surface area contributed by atoms with Crippen LogP contribution in [0.3, 0.4) is 0 Å². The zero-order valence-electron chi connectivity index (χ0n) is 11.1. The summed E-state index contributed by atoms with van der Waals surface area (Å²) in [4.78, 5) is 14.0. The molecule has 0 aromatic carbocycles. The van der Waals surface area contributed by atoms with Crippen LogP contribution in [0, 0.1) is 11.8 Å². The molecule has 0 radical (unpaired) electrons. The number of hydrogen-bond acceptors (Lipinski definition) is 3. The maximum absolute atomic E-state index is 12.1. The molecule has 0 aromatic rings. The molecule has 2 rings (SSSR count). The van der Waals surface area contributed by atoms with E-state index in [0.717, 1.165) is 13.0 Å². The van der Waals surface area contributed by atoms with E-state index >= 15 is 0 Å². The zero-order chi connectivity index (χ0) is 12.6. The lowest BCUT2D eigenvalue weighted by Crippen LogP contribution is -2.39. The Labute approximate surface area is 103 Å². The van der Waals surface area contributed by atoms with E-state index in [4.69, 9.17) is 10.5 Å². The van der Waals surface area contributed by atoms with Crippen molar-refractivity contribution in [3.05, 3.63) is 0 Å². The molecule has 1 aliphatic carbocycles. The summed E-state index contributed by atoms with van der Waals surface area (Å²) in [5, 5.41) is 0. The van der Waals surface area contributed by atoms with Crippen LogP contribution in [0.25, 0.3) is 0 Å². The average molecular weight is 240 g/mol. The van der Waals surface area contributed by atoms with Gasteiger partial charge in [0.1, 0.15) is 5.60 Å². The fourth-order valence-electron chi connectivity index (χ4n) is 2.93. The predicted molar refractivity (Wildman–Crippen MR) is 66.6 cm³/mol. The molecule has 1 saturated heterocycles. The van der Waals surface area contributed by atoms with E-state index in [-0.39, 0.29) is 6.09 Å². The number of fused-ring (bicyclic) bond motifs is 1. The number of amides is 1. The third-order valence-electron chi connectivity index (χ3n) is 3.73. The third kappa shape index (κ3) is 2.73. The molecule has 3 unspecified atom stereocenters. The van der Waals surface area contributed by atoms with E-state index in [1.165, 1.54) is 12.8 Å². The van der Waals surface area contributed by atoms with Gasteiger partial charge in [0.15, 0.2) is 0 Å². The number of ether oxygens (including phenoxy) is 1. The second-order valence-electron chi connectivity index (χ2n) is 6.22. The number of hydrogen-bond donors (Lipinski definition) is 1. The highest BCUT2D eigenvalue weighted by Gasteiger charge is 2.54. The predicted octanol–water partition coefficient (Wildman–Crippen LogP) is 1.98.